The lowest BCUT2D eigenvalue weighted by molar-refractivity contribution is 0.0868. The molecule has 0 aliphatic carbocycles. The number of likely N-dealkylation sites (tertiary alicyclic amines) is 1. The maximum atomic E-state index is 12.3. The van der Waals surface area contributed by atoms with E-state index in [1.165, 1.54) is 12.8 Å². The van der Waals surface area contributed by atoms with Crippen LogP contribution in [0.1, 0.15) is 36.0 Å². The summed E-state index contributed by atoms with van der Waals surface area (Å²) in [5.41, 5.74) is 2.60. The number of nitrogens with zero attached hydrogens (tertiary/aromatic N) is 2. The van der Waals surface area contributed by atoms with Crippen molar-refractivity contribution in [3.8, 4) is 11.1 Å². The zero-order valence-corrected chi connectivity index (χ0v) is 14.4. The Kier molecular flexibility index (Phi) is 6.19. The molecule has 6 heteroatoms. The SMILES string of the molecule is O=C(NCCCN1CCCCC1CO)c1cccc(-c2cn[nH]c2)c1. The molecule has 0 spiro atoms. The average Bonchev–Trinajstić information content (AvgIpc) is 3.20. The summed E-state index contributed by atoms with van der Waals surface area (Å²) in [6.07, 6.45) is 7.92. The van der Waals surface area contributed by atoms with Crippen molar-refractivity contribution in [2.75, 3.05) is 26.2 Å². The standard InChI is InChI=1S/C19H26N4O2/c24-14-18-7-1-2-9-23(18)10-4-8-20-19(25)16-6-3-5-15(11-16)17-12-21-22-13-17/h3,5-6,11-13,18,24H,1-2,4,7-10,14H2,(H,20,25)(H,21,22). The number of rotatable bonds is 7. The predicted molar refractivity (Wildman–Crippen MR) is 97.3 cm³/mol. The van der Waals surface area contributed by atoms with E-state index in [-0.39, 0.29) is 18.6 Å². The van der Waals surface area contributed by atoms with Crippen LogP contribution in [0.4, 0.5) is 0 Å². The van der Waals surface area contributed by atoms with Crippen LogP contribution >= 0.6 is 0 Å². The van der Waals surface area contributed by atoms with Crippen molar-refractivity contribution >= 4 is 5.91 Å². The van der Waals surface area contributed by atoms with Crippen molar-refractivity contribution in [3.05, 3.63) is 42.2 Å². The summed E-state index contributed by atoms with van der Waals surface area (Å²) in [4.78, 5) is 14.7. The molecule has 1 fully saturated rings. The minimum atomic E-state index is -0.0531. The van der Waals surface area contributed by atoms with Crippen LogP contribution in [0.2, 0.25) is 0 Å². The number of H-pyrrole nitrogens is 1. The van der Waals surface area contributed by atoms with Gasteiger partial charge in [0.25, 0.3) is 5.91 Å². The van der Waals surface area contributed by atoms with Gasteiger partial charge in [-0.15, -0.1) is 0 Å². The highest BCUT2D eigenvalue weighted by atomic mass is 16.3. The molecular formula is C19H26N4O2. The Morgan fingerprint density at radius 2 is 2.28 bits per heavy atom. The highest BCUT2D eigenvalue weighted by molar-refractivity contribution is 5.95. The topological polar surface area (TPSA) is 81.2 Å². The van der Waals surface area contributed by atoms with Crippen LogP contribution in [-0.2, 0) is 0 Å². The molecule has 2 aromatic rings. The second-order valence-electron chi connectivity index (χ2n) is 6.55. The maximum absolute atomic E-state index is 12.3. The van der Waals surface area contributed by atoms with Gasteiger partial charge in [0.05, 0.1) is 12.8 Å². The van der Waals surface area contributed by atoms with Gasteiger partial charge >= 0.3 is 0 Å². The monoisotopic (exact) mass is 342 g/mol. The fourth-order valence-corrected chi connectivity index (χ4v) is 3.40. The summed E-state index contributed by atoms with van der Waals surface area (Å²) in [5.74, 6) is -0.0531. The van der Waals surface area contributed by atoms with Crippen molar-refractivity contribution in [3.63, 3.8) is 0 Å². The van der Waals surface area contributed by atoms with Crippen LogP contribution in [0.25, 0.3) is 11.1 Å². The van der Waals surface area contributed by atoms with E-state index in [1.807, 2.05) is 30.5 Å². The molecule has 0 saturated carbocycles. The van der Waals surface area contributed by atoms with Gasteiger partial charge in [0.1, 0.15) is 0 Å². The molecule has 0 radical (unpaired) electrons. The van der Waals surface area contributed by atoms with E-state index in [9.17, 15) is 9.90 Å². The van der Waals surface area contributed by atoms with Crippen molar-refractivity contribution in [1.29, 1.82) is 0 Å². The molecule has 1 unspecified atom stereocenters. The molecule has 3 N–H and O–H groups in total. The third-order valence-electron chi connectivity index (χ3n) is 4.82. The minimum absolute atomic E-state index is 0.0531. The number of aliphatic hydroxyl groups is 1. The van der Waals surface area contributed by atoms with Crippen molar-refractivity contribution in [2.45, 2.75) is 31.7 Å². The molecule has 3 rings (SSSR count). The van der Waals surface area contributed by atoms with E-state index >= 15 is 0 Å². The molecule has 25 heavy (non-hydrogen) atoms. The lowest BCUT2D eigenvalue weighted by Crippen LogP contribution is -2.43. The second-order valence-corrected chi connectivity index (χ2v) is 6.55. The zero-order valence-electron chi connectivity index (χ0n) is 14.4. The highest BCUT2D eigenvalue weighted by Crippen LogP contribution is 2.19. The van der Waals surface area contributed by atoms with Gasteiger partial charge in [-0.1, -0.05) is 18.6 Å². The number of nitrogens with one attached hydrogen (secondary N) is 2. The normalized spacial score (nSPS) is 18.2. The number of amides is 1. The number of aromatic nitrogens is 2. The van der Waals surface area contributed by atoms with Gasteiger partial charge in [-0.05, 0) is 43.5 Å². The van der Waals surface area contributed by atoms with E-state index < -0.39 is 0 Å². The second kappa shape index (κ2) is 8.78. The van der Waals surface area contributed by atoms with Crippen LogP contribution in [0, 0.1) is 0 Å². The summed E-state index contributed by atoms with van der Waals surface area (Å²) >= 11 is 0. The van der Waals surface area contributed by atoms with Crippen LogP contribution in [0.15, 0.2) is 36.7 Å². The van der Waals surface area contributed by atoms with Crippen LogP contribution in [-0.4, -0.2) is 58.4 Å². The van der Waals surface area contributed by atoms with Crippen LogP contribution in [0.3, 0.4) is 0 Å². The Bertz CT molecular complexity index is 672. The summed E-state index contributed by atoms with van der Waals surface area (Å²) in [7, 11) is 0. The Hall–Kier alpha value is -2.18. The number of benzene rings is 1. The number of carbonyl (C=O) groups is 1. The van der Waals surface area contributed by atoms with E-state index in [2.05, 4.69) is 20.4 Å². The van der Waals surface area contributed by atoms with Crippen molar-refractivity contribution in [2.24, 2.45) is 0 Å². The fourth-order valence-electron chi connectivity index (χ4n) is 3.40. The molecule has 1 aromatic carbocycles. The zero-order chi connectivity index (χ0) is 17.5. The van der Waals surface area contributed by atoms with Crippen molar-refractivity contribution < 1.29 is 9.90 Å². The maximum Gasteiger partial charge on any atom is 0.251 e. The molecule has 2 heterocycles. The van der Waals surface area contributed by atoms with Gasteiger partial charge in [-0.3, -0.25) is 14.8 Å². The Morgan fingerprint density at radius 3 is 3.08 bits per heavy atom. The summed E-state index contributed by atoms with van der Waals surface area (Å²) in [6.45, 7) is 2.84. The third kappa shape index (κ3) is 4.67. The van der Waals surface area contributed by atoms with Gasteiger partial charge in [-0.25, -0.2) is 0 Å². The van der Waals surface area contributed by atoms with Crippen LogP contribution < -0.4 is 5.32 Å². The molecule has 1 saturated heterocycles. The lowest BCUT2D eigenvalue weighted by atomic mass is 10.0. The Labute approximate surface area is 148 Å². The largest absolute Gasteiger partial charge is 0.395 e. The Morgan fingerprint density at radius 1 is 1.36 bits per heavy atom. The first kappa shape index (κ1) is 17.6. The molecule has 6 nitrogen and oxygen atoms in total. The molecule has 1 aliphatic rings. The number of hydrogen-bond acceptors (Lipinski definition) is 4. The van der Waals surface area contributed by atoms with E-state index in [1.54, 1.807) is 6.20 Å². The Balaban J connectivity index is 1.47. The average molecular weight is 342 g/mol. The first-order valence-corrected chi connectivity index (χ1v) is 9.00. The molecule has 1 aromatic heterocycles. The number of hydrogen-bond donors (Lipinski definition) is 3. The lowest BCUT2D eigenvalue weighted by Gasteiger charge is -2.34. The smallest absolute Gasteiger partial charge is 0.251 e. The molecule has 134 valence electrons. The van der Waals surface area contributed by atoms with Gasteiger partial charge in [-0.2, -0.15) is 5.10 Å². The van der Waals surface area contributed by atoms with Crippen LogP contribution in [0.5, 0.6) is 0 Å². The van der Waals surface area contributed by atoms with Gasteiger partial charge in [0.15, 0.2) is 0 Å². The molecule has 0 bridgehead atoms. The first-order chi connectivity index (χ1) is 12.3. The quantitative estimate of drug-likeness (QED) is 0.673. The number of carbonyl (C=O) groups excluding carboxylic acids is 1. The van der Waals surface area contributed by atoms with Crippen molar-refractivity contribution in [1.82, 2.24) is 20.4 Å². The van der Waals surface area contributed by atoms with Gasteiger partial charge in [0.2, 0.25) is 0 Å². The fraction of sp³-hybridized carbons (Fsp3) is 0.474. The summed E-state index contributed by atoms with van der Waals surface area (Å²) < 4.78 is 0. The van der Waals surface area contributed by atoms with E-state index in [4.69, 9.17) is 0 Å². The molecule has 1 amide bonds. The number of aromatic amines is 1. The third-order valence-corrected chi connectivity index (χ3v) is 4.82. The number of aliphatic hydroxyl groups excluding tert-OH is 1. The van der Waals surface area contributed by atoms with E-state index in [0.29, 0.717) is 12.1 Å². The van der Waals surface area contributed by atoms with Gasteiger partial charge < -0.3 is 10.4 Å². The minimum Gasteiger partial charge on any atom is -0.395 e. The van der Waals surface area contributed by atoms with Gasteiger partial charge in [0, 0.05) is 36.5 Å². The highest BCUT2D eigenvalue weighted by Gasteiger charge is 2.20. The number of piperidine rings is 1. The summed E-state index contributed by atoms with van der Waals surface area (Å²) in [5, 5.41) is 19.2. The molecule has 1 aliphatic heterocycles. The first-order valence-electron chi connectivity index (χ1n) is 9.00. The molecular weight excluding hydrogens is 316 g/mol. The summed E-state index contributed by atoms with van der Waals surface area (Å²) in [6, 6.07) is 7.85. The predicted octanol–water partition coefficient (Wildman–Crippen LogP) is 2.04. The van der Waals surface area contributed by atoms with E-state index in [0.717, 1.165) is 37.1 Å². The molecule has 1 atom stereocenters.